The molecule has 0 aliphatic heterocycles. The van der Waals surface area contributed by atoms with Crippen LogP contribution in [0.15, 0.2) is 35.3 Å². The third-order valence-corrected chi connectivity index (χ3v) is 2.52. The van der Waals surface area contributed by atoms with Crippen molar-refractivity contribution in [3.05, 3.63) is 35.9 Å². The van der Waals surface area contributed by atoms with E-state index in [0.29, 0.717) is 5.41 Å². The fourth-order valence-electron chi connectivity index (χ4n) is 1.05. The minimum Gasteiger partial charge on any atom is -0.292 e. The molecule has 1 heteroatoms. The first-order valence-corrected chi connectivity index (χ1v) is 5.19. The predicted molar refractivity (Wildman–Crippen MR) is 63.0 cm³/mol. The Morgan fingerprint density at radius 3 is 2.43 bits per heavy atom. The molecule has 0 unspecified atom stereocenters. The number of aliphatic imine (C=N–C) groups is 1. The molecule has 0 aliphatic carbocycles. The molecule has 0 N–H and O–H groups in total. The van der Waals surface area contributed by atoms with Crippen molar-refractivity contribution >= 4 is 6.21 Å². The molecular weight excluding hydrogens is 170 g/mol. The number of rotatable bonds is 4. The van der Waals surface area contributed by atoms with Gasteiger partial charge in [0.1, 0.15) is 0 Å². The molecule has 1 rings (SSSR count). The van der Waals surface area contributed by atoms with Gasteiger partial charge < -0.3 is 0 Å². The van der Waals surface area contributed by atoms with Crippen molar-refractivity contribution < 1.29 is 0 Å². The first-order chi connectivity index (χ1) is 6.64. The molecule has 1 aromatic carbocycles. The Balaban J connectivity index is 2.50. The summed E-state index contributed by atoms with van der Waals surface area (Å²) in [6, 6.07) is 10.2. The van der Waals surface area contributed by atoms with Gasteiger partial charge in [0.25, 0.3) is 0 Å². The average Bonchev–Trinajstić information content (AvgIpc) is 2.19. The minimum absolute atomic E-state index is 0.325. The number of nitrogens with zero attached hydrogens (tertiary/aromatic N) is 1. The fraction of sp³-hybridized carbons (Fsp3) is 0.462. The molecule has 0 aromatic heterocycles. The van der Waals surface area contributed by atoms with Crippen LogP contribution in [0.25, 0.3) is 0 Å². The van der Waals surface area contributed by atoms with E-state index in [1.54, 1.807) is 0 Å². The average molecular weight is 189 g/mol. The van der Waals surface area contributed by atoms with Gasteiger partial charge in [-0.1, -0.05) is 51.1 Å². The van der Waals surface area contributed by atoms with Crippen molar-refractivity contribution in [2.24, 2.45) is 10.4 Å². The molecule has 76 valence electrons. The Morgan fingerprint density at radius 2 is 1.86 bits per heavy atom. The lowest BCUT2D eigenvalue weighted by molar-refractivity contribution is 0.366. The molecule has 1 nitrogen and oxygen atoms in total. The van der Waals surface area contributed by atoms with Crippen LogP contribution >= 0.6 is 0 Å². The van der Waals surface area contributed by atoms with Crippen LogP contribution in [0.3, 0.4) is 0 Å². The zero-order valence-electron chi connectivity index (χ0n) is 9.33. The molecule has 0 bridgehead atoms. The van der Waals surface area contributed by atoms with Gasteiger partial charge in [-0.25, -0.2) is 0 Å². The van der Waals surface area contributed by atoms with E-state index in [9.17, 15) is 0 Å². The van der Waals surface area contributed by atoms with Gasteiger partial charge in [0.05, 0.1) is 0 Å². The largest absolute Gasteiger partial charge is 0.292 e. The molecule has 0 atom stereocenters. The van der Waals surface area contributed by atoms with Gasteiger partial charge in [0, 0.05) is 12.8 Å². The van der Waals surface area contributed by atoms with Crippen LogP contribution < -0.4 is 0 Å². The van der Waals surface area contributed by atoms with Crippen LogP contribution in [0.4, 0.5) is 0 Å². The maximum absolute atomic E-state index is 4.46. The van der Waals surface area contributed by atoms with Crippen molar-refractivity contribution in [2.75, 3.05) is 6.54 Å². The lowest BCUT2D eigenvalue weighted by Gasteiger charge is -2.18. The van der Waals surface area contributed by atoms with E-state index in [0.717, 1.165) is 6.54 Å². The second-order valence-electron chi connectivity index (χ2n) is 4.40. The quantitative estimate of drug-likeness (QED) is 0.642. The summed E-state index contributed by atoms with van der Waals surface area (Å²) in [5, 5.41) is 0. The van der Waals surface area contributed by atoms with Crippen molar-refractivity contribution in [1.29, 1.82) is 0 Å². The van der Waals surface area contributed by atoms with E-state index in [1.807, 2.05) is 24.4 Å². The second-order valence-corrected chi connectivity index (χ2v) is 4.40. The van der Waals surface area contributed by atoms with Gasteiger partial charge in [-0.3, -0.25) is 4.99 Å². The van der Waals surface area contributed by atoms with E-state index in [-0.39, 0.29) is 0 Å². The van der Waals surface area contributed by atoms with Crippen molar-refractivity contribution in [3.63, 3.8) is 0 Å². The molecule has 0 aliphatic rings. The van der Waals surface area contributed by atoms with E-state index in [1.165, 1.54) is 12.0 Å². The Labute approximate surface area is 86.9 Å². The highest BCUT2D eigenvalue weighted by molar-refractivity contribution is 5.79. The van der Waals surface area contributed by atoms with Gasteiger partial charge in [-0.2, -0.15) is 0 Å². The van der Waals surface area contributed by atoms with Crippen LogP contribution in [0.5, 0.6) is 0 Å². The zero-order valence-corrected chi connectivity index (χ0v) is 9.33. The maximum Gasteiger partial charge on any atom is 0.0440 e. The lowest BCUT2D eigenvalue weighted by atomic mass is 9.91. The molecule has 1 aromatic rings. The molecule has 0 radical (unpaired) electrons. The Kier molecular flexibility index (Phi) is 3.87. The fourth-order valence-corrected chi connectivity index (χ4v) is 1.05. The normalized spacial score (nSPS) is 12.2. The number of benzene rings is 1. The second kappa shape index (κ2) is 4.94. The topological polar surface area (TPSA) is 12.4 Å². The lowest BCUT2D eigenvalue weighted by Crippen LogP contribution is -2.13. The molecule has 0 heterocycles. The third kappa shape index (κ3) is 3.73. The van der Waals surface area contributed by atoms with Gasteiger partial charge in [0.2, 0.25) is 0 Å². The van der Waals surface area contributed by atoms with Crippen molar-refractivity contribution in [1.82, 2.24) is 0 Å². The van der Waals surface area contributed by atoms with Crippen molar-refractivity contribution in [3.8, 4) is 0 Å². The molecular formula is C13H19N. The smallest absolute Gasteiger partial charge is 0.0440 e. The Morgan fingerprint density at radius 1 is 1.21 bits per heavy atom. The monoisotopic (exact) mass is 189 g/mol. The van der Waals surface area contributed by atoms with Crippen LogP contribution in [-0.4, -0.2) is 12.8 Å². The third-order valence-electron chi connectivity index (χ3n) is 2.52. The van der Waals surface area contributed by atoms with E-state index in [4.69, 9.17) is 0 Å². The minimum atomic E-state index is 0.325. The number of hydrogen-bond donors (Lipinski definition) is 0. The Hall–Kier alpha value is -1.11. The zero-order chi connectivity index (χ0) is 10.4. The SMILES string of the molecule is CCC(C)(C)CN=Cc1ccccc1. The Bertz CT molecular complexity index is 285. The van der Waals surface area contributed by atoms with Gasteiger partial charge in [0.15, 0.2) is 0 Å². The van der Waals surface area contributed by atoms with Crippen LogP contribution in [0, 0.1) is 5.41 Å². The predicted octanol–water partition coefficient (Wildman–Crippen LogP) is 3.54. The maximum atomic E-state index is 4.46. The summed E-state index contributed by atoms with van der Waals surface area (Å²) < 4.78 is 0. The highest BCUT2D eigenvalue weighted by atomic mass is 14.7. The first-order valence-electron chi connectivity index (χ1n) is 5.19. The van der Waals surface area contributed by atoms with E-state index in [2.05, 4.69) is 37.9 Å². The highest BCUT2D eigenvalue weighted by Gasteiger charge is 2.12. The molecule has 0 fully saturated rings. The first kappa shape index (κ1) is 11.0. The standard InChI is InChI=1S/C13H19N/c1-4-13(2,3)11-14-10-12-8-6-5-7-9-12/h5-10H,4,11H2,1-3H3. The van der Waals surface area contributed by atoms with Crippen LogP contribution in [0.2, 0.25) is 0 Å². The summed E-state index contributed by atoms with van der Waals surface area (Å²) in [5.74, 6) is 0. The van der Waals surface area contributed by atoms with Crippen molar-refractivity contribution in [2.45, 2.75) is 27.2 Å². The molecule has 0 spiro atoms. The van der Waals surface area contributed by atoms with Gasteiger partial charge >= 0.3 is 0 Å². The molecule has 0 saturated heterocycles. The molecule has 0 amide bonds. The summed E-state index contributed by atoms with van der Waals surface area (Å²) in [7, 11) is 0. The van der Waals surface area contributed by atoms with E-state index >= 15 is 0 Å². The highest BCUT2D eigenvalue weighted by Crippen LogP contribution is 2.19. The summed E-state index contributed by atoms with van der Waals surface area (Å²) >= 11 is 0. The van der Waals surface area contributed by atoms with Crippen LogP contribution in [-0.2, 0) is 0 Å². The summed E-state index contributed by atoms with van der Waals surface area (Å²) in [4.78, 5) is 4.46. The van der Waals surface area contributed by atoms with Gasteiger partial charge in [-0.05, 0) is 17.4 Å². The van der Waals surface area contributed by atoms with E-state index < -0.39 is 0 Å². The van der Waals surface area contributed by atoms with Gasteiger partial charge in [-0.15, -0.1) is 0 Å². The number of hydrogen-bond acceptors (Lipinski definition) is 1. The molecule has 0 saturated carbocycles. The summed E-state index contributed by atoms with van der Waals surface area (Å²) in [6.07, 6.45) is 3.12. The van der Waals surface area contributed by atoms with Crippen LogP contribution in [0.1, 0.15) is 32.8 Å². The summed E-state index contributed by atoms with van der Waals surface area (Å²) in [6.45, 7) is 7.60. The molecule has 14 heavy (non-hydrogen) atoms. The summed E-state index contributed by atoms with van der Waals surface area (Å²) in [5.41, 5.74) is 1.50.